The van der Waals surface area contributed by atoms with Crippen LogP contribution >= 0.6 is 0 Å². The summed E-state index contributed by atoms with van der Waals surface area (Å²) in [6, 6.07) is -1.37. The molecule has 0 saturated carbocycles. The maximum Gasteiger partial charge on any atom is 0.329 e. The molecule has 0 radical (unpaired) electrons. The molecule has 2 atom stereocenters. The fourth-order valence-electron chi connectivity index (χ4n) is 1.65. The highest BCUT2D eigenvalue weighted by atomic mass is 16.4. The molecule has 0 rings (SSSR count). The van der Waals surface area contributed by atoms with Crippen LogP contribution in [0, 0.1) is 0 Å². The van der Waals surface area contributed by atoms with Gasteiger partial charge in [-0.1, -0.05) is 6.92 Å². The zero-order valence-electron chi connectivity index (χ0n) is 12.8. The molecule has 0 spiro atoms. The normalized spacial score (nSPS) is 14.8. The number of hydrogen-bond acceptors (Lipinski definition) is 3. The van der Waals surface area contributed by atoms with Crippen LogP contribution in [-0.2, 0) is 9.59 Å². The van der Waals surface area contributed by atoms with Gasteiger partial charge in [-0.2, -0.15) is 0 Å². The quantitative estimate of drug-likeness (QED) is 0.645. The maximum absolute atomic E-state index is 12.0. The van der Waals surface area contributed by atoms with Gasteiger partial charge >= 0.3 is 12.0 Å². The first-order chi connectivity index (χ1) is 9.21. The number of amides is 3. The first-order valence-corrected chi connectivity index (χ1v) is 6.82. The number of likely N-dealkylation sites (N-methyl/N-ethyl adjacent to an activating group) is 1. The second-order valence-corrected chi connectivity index (χ2v) is 4.82. The van der Waals surface area contributed by atoms with E-state index in [1.54, 1.807) is 18.7 Å². The molecule has 2 unspecified atom stereocenters. The number of aliphatic carboxylic acids is 1. The lowest BCUT2D eigenvalue weighted by atomic mass is 10.00. The Balaban J connectivity index is 4.61. The van der Waals surface area contributed by atoms with E-state index in [2.05, 4.69) is 10.6 Å². The average Bonchev–Trinajstić information content (AvgIpc) is 2.39. The molecule has 0 heterocycles. The van der Waals surface area contributed by atoms with Crippen LogP contribution in [0.1, 0.15) is 41.0 Å². The Kier molecular flexibility index (Phi) is 7.02. The topological polar surface area (TPSA) is 98.7 Å². The Morgan fingerprint density at radius 1 is 1.20 bits per heavy atom. The van der Waals surface area contributed by atoms with Gasteiger partial charge in [-0.05, 0) is 34.1 Å². The molecule has 0 aliphatic heterocycles. The smallest absolute Gasteiger partial charge is 0.329 e. The zero-order valence-corrected chi connectivity index (χ0v) is 12.8. The van der Waals surface area contributed by atoms with Gasteiger partial charge in [0, 0.05) is 13.1 Å². The first kappa shape index (κ1) is 18.2. The summed E-state index contributed by atoms with van der Waals surface area (Å²) in [6.07, 6.45) is 0.244. The molecule has 116 valence electrons. The highest BCUT2D eigenvalue weighted by molar-refractivity contribution is 5.89. The highest BCUT2D eigenvalue weighted by Gasteiger charge is 2.33. The van der Waals surface area contributed by atoms with Crippen molar-refractivity contribution < 1.29 is 19.5 Å². The minimum atomic E-state index is -1.35. The van der Waals surface area contributed by atoms with E-state index in [4.69, 9.17) is 5.11 Å². The molecule has 7 heteroatoms. The molecule has 0 aromatic heterocycles. The van der Waals surface area contributed by atoms with E-state index >= 15 is 0 Å². The van der Waals surface area contributed by atoms with Gasteiger partial charge in [0.15, 0.2) is 0 Å². The summed E-state index contributed by atoms with van der Waals surface area (Å²) in [4.78, 5) is 36.4. The molecular formula is C13H25N3O4. The fourth-order valence-corrected chi connectivity index (χ4v) is 1.65. The average molecular weight is 287 g/mol. The second-order valence-electron chi connectivity index (χ2n) is 4.82. The van der Waals surface area contributed by atoms with Gasteiger partial charge in [0.25, 0.3) is 0 Å². The summed E-state index contributed by atoms with van der Waals surface area (Å²) >= 11 is 0. The Hall–Kier alpha value is -1.79. The predicted octanol–water partition coefficient (Wildman–Crippen LogP) is 0.796. The van der Waals surface area contributed by atoms with Crippen molar-refractivity contribution in [2.24, 2.45) is 0 Å². The van der Waals surface area contributed by atoms with Crippen LogP contribution in [0.5, 0.6) is 0 Å². The number of urea groups is 1. The molecule has 0 fully saturated rings. The summed E-state index contributed by atoms with van der Waals surface area (Å²) in [5.74, 6) is -1.31. The minimum Gasteiger partial charge on any atom is -0.480 e. The molecule has 0 aromatic rings. The molecule has 0 aromatic carbocycles. The van der Waals surface area contributed by atoms with Crippen molar-refractivity contribution in [3.63, 3.8) is 0 Å². The van der Waals surface area contributed by atoms with Crippen molar-refractivity contribution in [2.75, 3.05) is 13.1 Å². The van der Waals surface area contributed by atoms with Crippen molar-refractivity contribution in [1.82, 2.24) is 15.5 Å². The Morgan fingerprint density at radius 2 is 1.70 bits per heavy atom. The van der Waals surface area contributed by atoms with Crippen LogP contribution in [-0.4, -0.2) is 52.6 Å². The highest BCUT2D eigenvalue weighted by Crippen LogP contribution is 2.08. The summed E-state index contributed by atoms with van der Waals surface area (Å²) in [5.41, 5.74) is -1.35. The molecule has 3 N–H and O–H groups in total. The molecule has 20 heavy (non-hydrogen) atoms. The van der Waals surface area contributed by atoms with Gasteiger partial charge in [-0.25, -0.2) is 9.59 Å². The molecule has 0 aliphatic carbocycles. The van der Waals surface area contributed by atoms with Gasteiger partial charge in [-0.3, -0.25) is 4.79 Å². The molecular weight excluding hydrogens is 262 g/mol. The third kappa shape index (κ3) is 4.71. The third-order valence-corrected chi connectivity index (χ3v) is 3.36. The SMILES string of the molecule is CCN(CC)C(=O)C(C)NC(=O)NC(C)(CC)C(=O)O. The van der Waals surface area contributed by atoms with E-state index in [-0.39, 0.29) is 12.3 Å². The number of carbonyl (C=O) groups is 3. The third-order valence-electron chi connectivity index (χ3n) is 3.36. The maximum atomic E-state index is 12.0. The standard InChI is InChI=1S/C13H25N3O4/c1-6-13(5,11(18)19)15-12(20)14-9(4)10(17)16(7-2)8-3/h9H,6-8H2,1-5H3,(H,18,19)(H2,14,15,20). The zero-order chi connectivity index (χ0) is 15.9. The van der Waals surface area contributed by atoms with Crippen LogP contribution in [0.2, 0.25) is 0 Å². The predicted molar refractivity (Wildman–Crippen MR) is 75.4 cm³/mol. The number of carboxylic acids is 1. The van der Waals surface area contributed by atoms with Crippen LogP contribution in [0.15, 0.2) is 0 Å². The number of hydrogen-bond donors (Lipinski definition) is 3. The van der Waals surface area contributed by atoms with Crippen molar-refractivity contribution in [1.29, 1.82) is 0 Å². The lowest BCUT2D eigenvalue weighted by Gasteiger charge is -2.27. The van der Waals surface area contributed by atoms with Crippen LogP contribution < -0.4 is 10.6 Å². The van der Waals surface area contributed by atoms with E-state index in [0.717, 1.165) is 0 Å². The van der Waals surface area contributed by atoms with Crippen molar-refractivity contribution in [2.45, 2.75) is 52.6 Å². The van der Waals surface area contributed by atoms with E-state index in [1.807, 2.05) is 13.8 Å². The Labute approximate surface area is 119 Å². The monoisotopic (exact) mass is 287 g/mol. The van der Waals surface area contributed by atoms with Gasteiger partial charge in [0.2, 0.25) is 5.91 Å². The summed E-state index contributed by atoms with van der Waals surface area (Å²) in [5, 5.41) is 13.9. The largest absolute Gasteiger partial charge is 0.480 e. The van der Waals surface area contributed by atoms with Crippen LogP contribution in [0.4, 0.5) is 4.79 Å². The van der Waals surface area contributed by atoms with E-state index in [0.29, 0.717) is 13.1 Å². The first-order valence-electron chi connectivity index (χ1n) is 6.82. The summed E-state index contributed by atoms with van der Waals surface area (Å²) in [7, 11) is 0. The molecule has 0 bridgehead atoms. The number of nitrogens with zero attached hydrogens (tertiary/aromatic N) is 1. The Morgan fingerprint density at radius 3 is 2.05 bits per heavy atom. The lowest BCUT2D eigenvalue weighted by Crippen LogP contribution is -2.58. The molecule has 0 aliphatic rings. The number of rotatable bonds is 7. The Bertz CT molecular complexity index is 369. The van der Waals surface area contributed by atoms with Crippen molar-refractivity contribution in [3.05, 3.63) is 0 Å². The van der Waals surface area contributed by atoms with Crippen molar-refractivity contribution in [3.8, 4) is 0 Å². The summed E-state index contributed by atoms with van der Waals surface area (Å²) < 4.78 is 0. The van der Waals surface area contributed by atoms with Crippen LogP contribution in [0.3, 0.4) is 0 Å². The fraction of sp³-hybridized carbons (Fsp3) is 0.769. The van der Waals surface area contributed by atoms with Crippen molar-refractivity contribution >= 4 is 17.9 Å². The minimum absolute atomic E-state index is 0.196. The van der Waals surface area contributed by atoms with Gasteiger partial charge in [0.1, 0.15) is 11.6 Å². The van der Waals surface area contributed by atoms with E-state index in [9.17, 15) is 14.4 Å². The van der Waals surface area contributed by atoms with E-state index in [1.165, 1.54) is 6.92 Å². The second kappa shape index (κ2) is 7.72. The summed E-state index contributed by atoms with van der Waals surface area (Å²) in [6.45, 7) is 9.49. The van der Waals surface area contributed by atoms with Gasteiger partial charge < -0.3 is 20.6 Å². The number of nitrogens with one attached hydrogen (secondary N) is 2. The molecule has 3 amide bonds. The number of carbonyl (C=O) groups excluding carboxylic acids is 2. The number of carboxylic acid groups (broad SMARTS) is 1. The lowest BCUT2D eigenvalue weighted by molar-refractivity contribution is -0.143. The van der Waals surface area contributed by atoms with Crippen LogP contribution in [0.25, 0.3) is 0 Å². The molecule has 0 saturated heterocycles. The van der Waals surface area contributed by atoms with Gasteiger partial charge in [-0.15, -0.1) is 0 Å². The van der Waals surface area contributed by atoms with E-state index < -0.39 is 23.6 Å². The molecule has 7 nitrogen and oxygen atoms in total. The van der Waals surface area contributed by atoms with Gasteiger partial charge in [0.05, 0.1) is 0 Å².